The molecule has 2 aromatic rings. The van der Waals surface area contributed by atoms with Crippen LogP contribution in [0.15, 0.2) is 35.5 Å². The smallest absolute Gasteiger partial charge is 0.255 e. The molecular formula is C13H16N4O2. The largest absolute Gasteiger partial charge is 0.337 e. The van der Waals surface area contributed by atoms with E-state index in [0.29, 0.717) is 12.1 Å². The molecule has 0 bridgehead atoms. The number of rotatable bonds is 3. The van der Waals surface area contributed by atoms with Gasteiger partial charge in [0.1, 0.15) is 0 Å². The van der Waals surface area contributed by atoms with Crippen LogP contribution in [-0.4, -0.2) is 32.2 Å². The number of hydrogen-bond donors (Lipinski definition) is 0. The lowest BCUT2D eigenvalue weighted by Gasteiger charge is -2.16. The average molecular weight is 260 g/mol. The van der Waals surface area contributed by atoms with Crippen molar-refractivity contribution in [2.24, 2.45) is 14.1 Å². The van der Waals surface area contributed by atoms with Crippen LogP contribution < -0.4 is 5.56 Å². The van der Waals surface area contributed by atoms with E-state index in [-0.39, 0.29) is 11.5 Å². The van der Waals surface area contributed by atoms with Crippen LogP contribution in [0.25, 0.3) is 0 Å². The lowest BCUT2D eigenvalue weighted by molar-refractivity contribution is 0.0784. The molecule has 0 spiro atoms. The predicted molar refractivity (Wildman–Crippen MR) is 70.7 cm³/mol. The second kappa shape index (κ2) is 5.09. The number of aromatic nitrogens is 3. The summed E-state index contributed by atoms with van der Waals surface area (Å²) in [5, 5.41) is 4.06. The number of carbonyl (C=O) groups excluding carboxylic acids is 1. The van der Waals surface area contributed by atoms with Gasteiger partial charge >= 0.3 is 0 Å². The lowest BCUT2D eigenvalue weighted by atomic mass is 10.2. The lowest BCUT2D eigenvalue weighted by Crippen LogP contribution is -2.27. The van der Waals surface area contributed by atoms with Crippen LogP contribution in [0, 0.1) is 0 Å². The zero-order valence-corrected chi connectivity index (χ0v) is 11.2. The average Bonchev–Trinajstić information content (AvgIpc) is 2.77. The highest BCUT2D eigenvalue weighted by Gasteiger charge is 2.13. The maximum atomic E-state index is 12.2. The van der Waals surface area contributed by atoms with Crippen LogP contribution >= 0.6 is 0 Å². The van der Waals surface area contributed by atoms with Crippen molar-refractivity contribution in [1.29, 1.82) is 0 Å². The van der Waals surface area contributed by atoms with Crippen LogP contribution in [-0.2, 0) is 20.6 Å². The van der Waals surface area contributed by atoms with Crippen LogP contribution in [0.5, 0.6) is 0 Å². The van der Waals surface area contributed by atoms with E-state index in [1.54, 1.807) is 42.1 Å². The van der Waals surface area contributed by atoms with Gasteiger partial charge in [0.05, 0.1) is 11.8 Å². The standard InChI is InChI=1S/C13H16N4O2/c1-15-9-11(4-5-12(15)18)13(19)16(2)7-10-6-14-17(3)8-10/h4-6,8-9H,7H2,1-3H3. The van der Waals surface area contributed by atoms with E-state index in [2.05, 4.69) is 5.10 Å². The third-order valence-corrected chi connectivity index (χ3v) is 2.86. The molecule has 0 saturated carbocycles. The van der Waals surface area contributed by atoms with Crippen molar-refractivity contribution in [3.8, 4) is 0 Å². The van der Waals surface area contributed by atoms with Crippen molar-refractivity contribution in [2.45, 2.75) is 6.54 Å². The molecule has 0 aliphatic rings. The summed E-state index contributed by atoms with van der Waals surface area (Å²) in [4.78, 5) is 25.1. The molecule has 0 fully saturated rings. The van der Waals surface area contributed by atoms with Crippen molar-refractivity contribution < 1.29 is 4.79 Å². The Hall–Kier alpha value is -2.37. The highest BCUT2D eigenvalue weighted by Crippen LogP contribution is 2.06. The minimum absolute atomic E-state index is 0.126. The molecule has 100 valence electrons. The van der Waals surface area contributed by atoms with E-state index in [1.165, 1.54) is 10.6 Å². The number of amides is 1. The van der Waals surface area contributed by atoms with Gasteiger partial charge in [-0.2, -0.15) is 5.10 Å². The van der Waals surface area contributed by atoms with Crippen LogP contribution in [0.1, 0.15) is 15.9 Å². The maximum absolute atomic E-state index is 12.2. The van der Waals surface area contributed by atoms with Crippen molar-refractivity contribution >= 4 is 5.91 Å². The first-order valence-electron chi connectivity index (χ1n) is 5.87. The molecule has 6 heteroatoms. The fourth-order valence-corrected chi connectivity index (χ4v) is 1.84. The number of nitrogens with zero attached hydrogens (tertiary/aromatic N) is 4. The zero-order chi connectivity index (χ0) is 14.0. The molecule has 0 aromatic carbocycles. The Balaban J connectivity index is 2.14. The van der Waals surface area contributed by atoms with Gasteiger partial charge in [0.2, 0.25) is 5.56 Å². The highest BCUT2D eigenvalue weighted by atomic mass is 16.2. The highest BCUT2D eigenvalue weighted by molar-refractivity contribution is 5.93. The first kappa shape index (κ1) is 13.1. The van der Waals surface area contributed by atoms with E-state index < -0.39 is 0 Å². The molecule has 0 radical (unpaired) electrons. The molecule has 0 aliphatic carbocycles. The summed E-state index contributed by atoms with van der Waals surface area (Å²) in [5.41, 5.74) is 1.32. The van der Waals surface area contributed by atoms with E-state index in [4.69, 9.17) is 0 Å². The van der Waals surface area contributed by atoms with Crippen molar-refractivity contribution in [2.75, 3.05) is 7.05 Å². The van der Waals surface area contributed by atoms with Gasteiger partial charge in [0.15, 0.2) is 0 Å². The maximum Gasteiger partial charge on any atom is 0.255 e. The fourth-order valence-electron chi connectivity index (χ4n) is 1.84. The third kappa shape index (κ3) is 2.90. The van der Waals surface area contributed by atoms with Crippen molar-refractivity contribution in [3.63, 3.8) is 0 Å². The number of hydrogen-bond acceptors (Lipinski definition) is 3. The molecule has 2 aromatic heterocycles. The topological polar surface area (TPSA) is 60.1 Å². The third-order valence-electron chi connectivity index (χ3n) is 2.86. The first-order valence-corrected chi connectivity index (χ1v) is 5.87. The van der Waals surface area contributed by atoms with Gasteiger partial charge in [-0.15, -0.1) is 0 Å². The van der Waals surface area contributed by atoms with Crippen LogP contribution in [0.4, 0.5) is 0 Å². The van der Waals surface area contributed by atoms with Gasteiger partial charge in [-0.3, -0.25) is 14.3 Å². The Bertz CT molecular complexity index is 657. The van der Waals surface area contributed by atoms with Crippen molar-refractivity contribution in [1.82, 2.24) is 19.2 Å². The predicted octanol–water partition coefficient (Wildman–Crippen LogP) is 0.391. The van der Waals surface area contributed by atoms with Crippen LogP contribution in [0.3, 0.4) is 0 Å². The fraction of sp³-hybridized carbons (Fsp3) is 0.308. The van der Waals surface area contributed by atoms with Gasteiger partial charge in [-0.1, -0.05) is 0 Å². The van der Waals surface area contributed by atoms with Crippen molar-refractivity contribution in [3.05, 3.63) is 52.2 Å². The molecule has 0 N–H and O–H groups in total. The molecule has 0 unspecified atom stereocenters. The van der Waals surface area contributed by atoms with E-state index >= 15 is 0 Å². The summed E-state index contributed by atoms with van der Waals surface area (Å²) in [5.74, 6) is -0.126. The summed E-state index contributed by atoms with van der Waals surface area (Å²) in [7, 11) is 5.18. The minimum Gasteiger partial charge on any atom is -0.337 e. The Kier molecular flexibility index (Phi) is 3.50. The molecule has 0 atom stereocenters. The van der Waals surface area contributed by atoms with Gasteiger partial charge in [-0.05, 0) is 6.07 Å². The molecule has 19 heavy (non-hydrogen) atoms. The van der Waals surface area contributed by atoms with Crippen LogP contribution in [0.2, 0.25) is 0 Å². The molecule has 1 amide bonds. The Morgan fingerprint density at radius 1 is 1.32 bits per heavy atom. The number of aryl methyl sites for hydroxylation is 2. The molecule has 2 heterocycles. The molecule has 0 saturated heterocycles. The van der Waals surface area contributed by atoms with E-state index in [9.17, 15) is 9.59 Å². The van der Waals surface area contributed by atoms with Gasteiger partial charge in [0.25, 0.3) is 5.91 Å². The Labute approximate surface area is 110 Å². The normalized spacial score (nSPS) is 10.5. The van der Waals surface area contributed by atoms with Gasteiger partial charge in [-0.25, -0.2) is 0 Å². The van der Waals surface area contributed by atoms with Gasteiger partial charge < -0.3 is 9.47 Å². The Morgan fingerprint density at radius 3 is 2.63 bits per heavy atom. The summed E-state index contributed by atoms with van der Waals surface area (Å²) in [6.45, 7) is 0.482. The molecule has 6 nitrogen and oxygen atoms in total. The Morgan fingerprint density at radius 2 is 2.05 bits per heavy atom. The van der Waals surface area contributed by atoms with E-state index in [1.807, 2.05) is 13.2 Å². The number of pyridine rings is 1. The minimum atomic E-state index is -0.133. The first-order chi connectivity index (χ1) is 8.97. The van der Waals surface area contributed by atoms with Gasteiger partial charge in [0, 0.05) is 51.7 Å². The van der Waals surface area contributed by atoms with E-state index in [0.717, 1.165) is 5.56 Å². The summed E-state index contributed by atoms with van der Waals surface area (Å²) in [6, 6.07) is 2.94. The summed E-state index contributed by atoms with van der Waals surface area (Å²) >= 11 is 0. The molecule has 0 aliphatic heterocycles. The summed E-state index contributed by atoms with van der Waals surface area (Å²) in [6.07, 6.45) is 5.14. The SMILES string of the molecule is CN(Cc1cnn(C)c1)C(=O)c1ccc(=O)n(C)c1. The second-order valence-electron chi connectivity index (χ2n) is 4.55. The second-order valence-corrected chi connectivity index (χ2v) is 4.55. The molecule has 2 rings (SSSR count). The summed E-state index contributed by atoms with van der Waals surface area (Å²) < 4.78 is 3.09. The number of carbonyl (C=O) groups is 1. The zero-order valence-electron chi connectivity index (χ0n) is 11.2. The molecular weight excluding hydrogens is 244 g/mol. The monoisotopic (exact) mass is 260 g/mol. The quantitative estimate of drug-likeness (QED) is 0.802.